The monoisotopic (exact) mass is 282 g/mol. The van der Waals surface area contributed by atoms with Crippen LogP contribution in [-0.2, 0) is 5.54 Å². The van der Waals surface area contributed by atoms with Crippen LogP contribution in [0.15, 0.2) is 12.4 Å². The smallest absolute Gasteiger partial charge is 0.319 e. The van der Waals surface area contributed by atoms with Crippen molar-refractivity contribution in [2.45, 2.75) is 46.6 Å². The van der Waals surface area contributed by atoms with E-state index in [0.29, 0.717) is 18.7 Å². The Hall–Kier alpha value is -1.56. The highest BCUT2D eigenvalue weighted by atomic mass is 16.3. The summed E-state index contributed by atoms with van der Waals surface area (Å²) in [5, 5.41) is 18.7. The zero-order valence-corrected chi connectivity index (χ0v) is 13.0. The summed E-state index contributed by atoms with van der Waals surface area (Å²) in [5.41, 5.74) is 0.429. The maximum atomic E-state index is 11.8. The summed E-state index contributed by atoms with van der Waals surface area (Å²) in [6.07, 6.45) is 4.08. The van der Waals surface area contributed by atoms with E-state index in [-0.39, 0.29) is 23.6 Å². The quantitative estimate of drug-likeness (QED) is 0.774. The Morgan fingerprint density at radius 3 is 2.50 bits per heavy atom. The number of nitrogens with one attached hydrogen (secondary N) is 2. The lowest BCUT2D eigenvalue weighted by atomic mass is 9.90. The van der Waals surface area contributed by atoms with Crippen molar-refractivity contribution >= 4 is 11.7 Å². The van der Waals surface area contributed by atoms with Crippen molar-refractivity contribution in [2.24, 2.45) is 5.41 Å². The highest BCUT2D eigenvalue weighted by Gasteiger charge is 2.19. The zero-order chi connectivity index (χ0) is 15.4. The first-order valence-electron chi connectivity index (χ1n) is 6.85. The van der Waals surface area contributed by atoms with Crippen LogP contribution in [0.2, 0.25) is 0 Å². The van der Waals surface area contributed by atoms with Gasteiger partial charge >= 0.3 is 6.03 Å². The average molecular weight is 282 g/mol. The SMILES string of the molecule is CC(C)(CCO)CNC(=O)Nc1cnn(C(C)(C)C)c1. The van der Waals surface area contributed by atoms with E-state index in [1.165, 1.54) is 0 Å². The van der Waals surface area contributed by atoms with Crippen molar-refractivity contribution in [3.63, 3.8) is 0 Å². The molecule has 20 heavy (non-hydrogen) atoms. The van der Waals surface area contributed by atoms with E-state index >= 15 is 0 Å². The molecule has 0 aliphatic heterocycles. The number of hydrogen-bond donors (Lipinski definition) is 3. The molecule has 0 saturated heterocycles. The van der Waals surface area contributed by atoms with Crippen LogP contribution in [0.1, 0.15) is 41.0 Å². The highest BCUT2D eigenvalue weighted by Crippen LogP contribution is 2.18. The van der Waals surface area contributed by atoms with Gasteiger partial charge in [0, 0.05) is 19.3 Å². The van der Waals surface area contributed by atoms with Crippen molar-refractivity contribution in [1.82, 2.24) is 15.1 Å². The van der Waals surface area contributed by atoms with Crippen LogP contribution in [0, 0.1) is 5.41 Å². The summed E-state index contributed by atoms with van der Waals surface area (Å²) in [7, 11) is 0. The summed E-state index contributed by atoms with van der Waals surface area (Å²) in [5.74, 6) is 0. The van der Waals surface area contributed by atoms with E-state index in [4.69, 9.17) is 5.11 Å². The molecule has 0 radical (unpaired) electrons. The molecule has 1 aromatic heterocycles. The zero-order valence-electron chi connectivity index (χ0n) is 13.0. The van der Waals surface area contributed by atoms with Gasteiger partial charge in [0.15, 0.2) is 0 Å². The second kappa shape index (κ2) is 6.26. The van der Waals surface area contributed by atoms with Crippen LogP contribution in [0.3, 0.4) is 0 Å². The van der Waals surface area contributed by atoms with Crippen molar-refractivity contribution in [2.75, 3.05) is 18.5 Å². The van der Waals surface area contributed by atoms with Gasteiger partial charge in [0.2, 0.25) is 0 Å². The minimum Gasteiger partial charge on any atom is -0.396 e. The Labute approximate surface area is 120 Å². The Morgan fingerprint density at radius 2 is 2.00 bits per heavy atom. The Morgan fingerprint density at radius 1 is 1.35 bits per heavy atom. The van der Waals surface area contributed by atoms with Crippen LogP contribution in [0.25, 0.3) is 0 Å². The predicted molar refractivity (Wildman–Crippen MR) is 79.7 cm³/mol. The van der Waals surface area contributed by atoms with E-state index in [9.17, 15) is 4.79 Å². The van der Waals surface area contributed by atoms with Crippen LogP contribution >= 0.6 is 0 Å². The van der Waals surface area contributed by atoms with Crippen LogP contribution in [-0.4, -0.2) is 34.1 Å². The molecule has 0 atom stereocenters. The number of aliphatic hydroxyl groups excluding tert-OH is 1. The van der Waals surface area contributed by atoms with E-state index in [0.717, 1.165) is 0 Å². The minimum absolute atomic E-state index is 0.112. The first kappa shape index (κ1) is 16.5. The summed E-state index contributed by atoms with van der Waals surface area (Å²) in [4.78, 5) is 11.8. The topological polar surface area (TPSA) is 79.2 Å². The van der Waals surface area contributed by atoms with Gasteiger partial charge in [0.25, 0.3) is 0 Å². The van der Waals surface area contributed by atoms with Gasteiger partial charge in [-0.2, -0.15) is 5.10 Å². The lowest BCUT2D eigenvalue weighted by molar-refractivity contribution is 0.204. The maximum Gasteiger partial charge on any atom is 0.319 e. The molecule has 0 saturated carbocycles. The summed E-state index contributed by atoms with van der Waals surface area (Å²) >= 11 is 0. The number of aliphatic hydroxyl groups is 1. The van der Waals surface area contributed by atoms with Crippen LogP contribution in [0.4, 0.5) is 10.5 Å². The third kappa shape index (κ3) is 5.21. The molecule has 0 aliphatic carbocycles. The number of carbonyl (C=O) groups excluding carboxylic acids is 1. The molecule has 1 aromatic rings. The third-order valence-electron chi connectivity index (χ3n) is 3.04. The second-order valence-corrected chi connectivity index (χ2v) is 6.79. The van der Waals surface area contributed by atoms with Crippen molar-refractivity contribution in [1.29, 1.82) is 0 Å². The van der Waals surface area contributed by atoms with Gasteiger partial charge in [-0.1, -0.05) is 13.8 Å². The molecule has 0 fully saturated rings. The first-order chi connectivity index (χ1) is 9.14. The molecule has 0 unspecified atom stereocenters. The first-order valence-corrected chi connectivity index (χ1v) is 6.85. The molecule has 2 amide bonds. The molecule has 3 N–H and O–H groups in total. The third-order valence-corrected chi connectivity index (χ3v) is 3.04. The summed E-state index contributed by atoms with van der Waals surface area (Å²) < 4.78 is 1.80. The van der Waals surface area contributed by atoms with Gasteiger partial charge in [-0.25, -0.2) is 4.79 Å². The summed E-state index contributed by atoms with van der Waals surface area (Å²) in [6.45, 7) is 10.8. The molecule has 0 bridgehead atoms. The molecule has 6 nitrogen and oxygen atoms in total. The maximum absolute atomic E-state index is 11.8. The molecule has 6 heteroatoms. The lowest BCUT2D eigenvalue weighted by Crippen LogP contribution is -2.37. The van der Waals surface area contributed by atoms with E-state index in [2.05, 4.69) is 15.7 Å². The second-order valence-electron chi connectivity index (χ2n) is 6.79. The molecule has 0 spiro atoms. The molecule has 0 aromatic carbocycles. The number of carbonyl (C=O) groups is 1. The average Bonchev–Trinajstić information content (AvgIpc) is 2.75. The number of aromatic nitrogens is 2. The predicted octanol–water partition coefficient (Wildman–Crippen LogP) is 2.17. The fourth-order valence-corrected chi connectivity index (χ4v) is 1.64. The Kier molecular flexibility index (Phi) is 5.16. The van der Waals surface area contributed by atoms with Gasteiger partial charge in [0.05, 0.1) is 17.4 Å². The normalized spacial score (nSPS) is 12.3. The summed E-state index contributed by atoms with van der Waals surface area (Å²) in [6, 6.07) is -0.260. The van der Waals surface area contributed by atoms with Crippen LogP contribution < -0.4 is 10.6 Å². The van der Waals surface area contributed by atoms with Crippen molar-refractivity contribution < 1.29 is 9.90 Å². The van der Waals surface area contributed by atoms with Crippen molar-refractivity contribution in [3.8, 4) is 0 Å². The van der Waals surface area contributed by atoms with E-state index < -0.39 is 0 Å². The standard InChI is InChI=1S/C14H26N4O2/c1-13(2,3)18-9-11(8-16-18)17-12(20)15-10-14(4,5)6-7-19/h8-9,19H,6-7,10H2,1-5H3,(H2,15,17,20). The minimum atomic E-state index is -0.260. The molecule has 114 valence electrons. The van der Waals surface area contributed by atoms with E-state index in [1.54, 1.807) is 17.1 Å². The van der Waals surface area contributed by atoms with Gasteiger partial charge in [0.1, 0.15) is 0 Å². The number of rotatable bonds is 5. The van der Waals surface area contributed by atoms with E-state index in [1.807, 2.05) is 34.6 Å². The molecule has 0 aliphatic rings. The van der Waals surface area contributed by atoms with Crippen molar-refractivity contribution in [3.05, 3.63) is 12.4 Å². The molecule has 1 heterocycles. The number of amides is 2. The Balaban J connectivity index is 2.49. The fraction of sp³-hybridized carbons (Fsp3) is 0.714. The number of urea groups is 1. The number of anilines is 1. The van der Waals surface area contributed by atoms with Gasteiger partial charge < -0.3 is 15.7 Å². The highest BCUT2D eigenvalue weighted by molar-refractivity contribution is 5.88. The Bertz CT molecular complexity index is 446. The largest absolute Gasteiger partial charge is 0.396 e. The number of hydrogen-bond acceptors (Lipinski definition) is 3. The number of nitrogens with zero attached hydrogens (tertiary/aromatic N) is 2. The molecular formula is C14H26N4O2. The molecular weight excluding hydrogens is 256 g/mol. The lowest BCUT2D eigenvalue weighted by Gasteiger charge is -2.23. The van der Waals surface area contributed by atoms with Gasteiger partial charge in [-0.3, -0.25) is 4.68 Å². The van der Waals surface area contributed by atoms with Crippen LogP contribution in [0.5, 0.6) is 0 Å². The fourth-order valence-electron chi connectivity index (χ4n) is 1.64. The van der Waals surface area contributed by atoms with Gasteiger partial charge in [-0.05, 0) is 32.6 Å². The van der Waals surface area contributed by atoms with Gasteiger partial charge in [-0.15, -0.1) is 0 Å². The molecule has 1 rings (SSSR count).